The maximum Gasteiger partial charge on any atom is 0.339 e. The summed E-state index contributed by atoms with van der Waals surface area (Å²) in [6.45, 7) is 1.67. The normalized spacial score (nSPS) is 10.3. The van der Waals surface area contributed by atoms with Crippen LogP contribution < -0.4 is 10.6 Å². The summed E-state index contributed by atoms with van der Waals surface area (Å²) >= 11 is 0. The number of benzene rings is 2. The Hall–Kier alpha value is -3.81. The summed E-state index contributed by atoms with van der Waals surface area (Å²) in [5.41, 5.74) is 1.30. The summed E-state index contributed by atoms with van der Waals surface area (Å²) < 4.78 is 18.5. The third kappa shape index (κ3) is 4.92. The van der Waals surface area contributed by atoms with Crippen LogP contribution in [0, 0.1) is 12.7 Å². The average Bonchev–Trinajstić information content (AvgIpc) is 2.72. The van der Waals surface area contributed by atoms with Gasteiger partial charge in [-0.25, -0.2) is 19.2 Å². The molecule has 0 aliphatic heterocycles. The number of esters is 1. The first-order chi connectivity index (χ1) is 14.0. The van der Waals surface area contributed by atoms with E-state index in [1.165, 1.54) is 19.2 Å². The lowest BCUT2D eigenvalue weighted by molar-refractivity contribution is 0.0601. The lowest BCUT2D eigenvalue weighted by Gasteiger charge is -2.12. The summed E-state index contributed by atoms with van der Waals surface area (Å²) in [7, 11) is 1.30. The van der Waals surface area contributed by atoms with Crippen LogP contribution in [0.2, 0.25) is 0 Å². The number of carbonyl (C=O) groups is 2. The number of aromatic nitrogens is 2. The first-order valence-corrected chi connectivity index (χ1v) is 8.79. The zero-order chi connectivity index (χ0) is 20.8. The number of halogens is 1. The number of para-hydroxylation sites is 1. The average molecular weight is 394 g/mol. The van der Waals surface area contributed by atoms with Crippen molar-refractivity contribution >= 4 is 23.4 Å². The first-order valence-electron chi connectivity index (χ1n) is 8.79. The van der Waals surface area contributed by atoms with Gasteiger partial charge in [-0.15, -0.1) is 0 Å². The molecule has 1 amide bonds. The molecule has 1 aromatic heterocycles. The fourth-order valence-corrected chi connectivity index (χ4v) is 2.67. The van der Waals surface area contributed by atoms with Crippen LogP contribution in [0.1, 0.15) is 32.2 Å². The van der Waals surface area contributed by atoms with E-state index < -0.39 is 17.7 Å². The van der Waals surface area contributed by atoms with Gasteiger partial charge in [-0.2, -0.15) is 0 Å². The molecule has 148 valence electrons. The fraction of sp³-hybridized carbons (Fsp3) is 0.143. The quantitative estimate of drug-likeness (QED) is 0.623. The van der Waals surface area contributed by atoms with E-state index in [0.29, 0.717) is 28.5 Å². The zero-order valence-electron chi connectivity index (χ0n) is 15.9. The number of hydrogen-bond donors (Lipinski definition) is 2. The molecule has 0 aliphatic carbocycles. The highest BCUT2D eigenvalue weighted by molar-refractivity contribution is 5.97. The molecular formula is C21H19FN4O3. The molecule has 0 radical (unpaired) electrons. The van der Waals surface area contributed by atoms with Gasteiger partial charge in [0.05, 0.1) is 18.4 Å². The van der Waals surface area contributed by atoms with E-state index in [1.807, 2.05) is 0 Å². The van der Waals surface area contributed by atoms with Crippen molar-refractivity contribution in [3.8, 4) is 0 Å². The summed E-state index contributed by atoms with van der Waals surface area (Å²) in [5.74, 6) is -0.662. The van der Waals surface area contributed by atoms with Gasteiger partial charge in [0, 0.05) is 18.2 Å². The molecule has 0 atom stereocenters. The highest BCUT2D eigenvalue weighted by Crippen LogP contribution is 2.21. The number of nitrogens with one attached hydrogen (secondary N) is 2. The van der Waals surface area contributed by atoms with Crippen LogP contribution in [0.3, 0.4) is 0 Å². The maximum absolute atomic E-state index is 13.7. The number of ether oxygens (including phenoxy) is 1. The predicted molar refractivity (Wildman–Crippen MR) is 105 cm³/mol. The predicted octanol–water partition coefficient (Wildman–Crippen LogP) is 3.38. The second kappa shape index (κ2) is 8.92. The molecule has 3 rings (SSSR count). The minimum atomic E-state index is -0.498. The number of hydrogen-bond acceptors (Lipinski definition) is 6. The Morgan fingerprint density at radius 2 is 1.79 bits per heavy atom. The Morgan fingerprint density at radius 1 is 1.07 bits per heavy atom. The first kappa shape index (κ1) is 19.9. The van der Waals surface area contributed by atoms with Crippen molar-refractivity contribution in [2.24, 2.45) is 0 Å². The van der Waals surface area contributed by atoms with Gasteiger partial charge in [0.15, 0.2) is 0 Å². The molecule has 7 nitrogen and oxygen atoms in total. The van der Waals surface area contributed by atoms with Crippen molar-refractivity contribution in [1.29, 1.82) is 0 Å². The van der Waals surface area contributed by atoms with Crippen molar-refractivity contribution in [3.05, 3.63) is 83.1 Å². The minimum Gasteiger partial charge on any atom is -0.465 e. The van der Waals surface area contributed by atoms with Gasteiger partial charge in [0.2, 0.25) is 0 Å². The number of methoxy groups -OCH3 is 1. The van der Waals surface area contributed by atoms with Crippen molar-refractivity contribution in [2.45, 2.75) is 13.5 Å². The van der Waals surface area contributed by atoms with E-state index in [0.717, 1.165) is 0 Å². The number of rotatable bonds is 6. The molecule has 0 aliphatic rings. The largest absolute Gasteiger partial charge is 0.465 e. The van der Waals surface area contributed by atoms with E-state index in [2.05, 4.69) is 20.6 Å². The third-order valence-electron chi connectivity index (χ3n) is 4.06. The third-order valence-corrected chi connectivity index (χ3v) is 4.06. The monoisotopic (exact) mass is 394 g/mol. The minimum absolute atomic E-state index is 0.0303. The van der Waals surface area contributed by atoms with Crippen LogP contribution in [0.5, 0.6) is 0 Å². The second-order valence-corrected chi connectivity index (χ2v) is 6.12. The van der Waals surface area contributed by atoms with Crippen LogP contribution in [0.15, 0.2) is 54.6 Å². The van der Waals surface area contributed by atoms with Gasteiger partial charge < -0.3 is 15.4 Å². The van der Waals surface area contributed by atoms with Crippen molar-refractivity contribution in [3.63, 3.8) is 0 Å². The van der Waals surface area contributed by atoms with E-state index in [9.17, 15) is 14.0 Å². The topological polar surface area (TPSA) is 93.2 Å². The SMILES string of the molecule is COC(=O)c1ccccc1Nc1cc(C(=O)NCc2ccccc2F)nc(C)n1. The molecule has 1 heterocycles. The molecule has 0 unspecified atom stereocenters. The van der Waals surface area contributed by atoms with Crippen LogP contribution >= 0.6 is 0 Å². The number of carbonyl (C=O) groups excluding carboxylic acids is 2. The molecule has 29 heavy (non-hydrogen) atoms. The summed E-state index contributed by atoms with van der Waals surface area (Å²) in [5, 5.41) is 5.66. The Kier molecular flexibility index (Phi) is 6.13. The number of nitrogens with zero attached hydrogens (tertiary/aromatic N) is 2. The number of anilines is 2. The Morgan fingerprint density at radius 3 is 2.55 bits per heavy atom. The van der Waals surface area contributed by atoms with E-state index >= 15 is 0 Å². The van der Waals surface area contributed by atoms with Crippen molar-refractivity contribution in [2.75, 3.05) is 12.4 Å². The summed E-state index contributed by atoms with van der Waals surface area (Å²) in [4.78, 5) is 32.8. The van der Waals surface area contributed by atoms with Gasteiger partial charge in [0.1, 0.15) is 23.2 Å². The highest BCUT2D eigenvalue weighted by Gasteiger charge is 2.14. The molecule has 0 spiro atoms. The van der Waals surface area contributed by atoms with Crippen molar-refractivity contribution < 1.29 is 18.7 Å². The molecule has 2 aromatic carbocycles. The lowest BCUT2D eigenvalue weighted by Crippen LogP contribution is -2.25. The van der Waals surface area contributed by atoms with Gasteiger partial charge in [-0.1, -0.05) is 30.3 Å². The van der Waals surface area contributed by atoms with Crippen LogP contribution in [-0.2, 0) is 11.3 Å². The Bertz CT molecular complexity index is 1060. The van der Waals surface area contributed by atoms with E-state index in [1.54, 1.807) is 49.4 Å². The van der Waals surface area contributed by atoms with Gasteiger partial charge in [0.25, 0.3) is 5.91 Å². The van der Waals surface area contributed by atoms with E-state index in [4.69, 9.17) is 4.74 Å². The highest BCUT2D eigenvalue weighted by atomic mass is 19.1. The lowest BCUT2D eigenvalue weighted by atomic mass is 10.2. The fourth-order valence-electron chi connectivity index (χ4n) is 2.67. The van der Waals surface area contributed by atoms with Gasteiger partial charge in [-0.3, -0.25) is 4.79 Å². The molecule has 8 heteroatoms. The van der Waals surface area contributed by atoms with Gasteiger partial charge in [-0.05, 0) is 25.1 Å². The molecule has 0 saturated heterocycles. The van der Waals surface area contributed by atoms with Gasteiger partial charge >= 0.3 is 5.97 Å². The Balaban J connectivity index is 1.79. The summed E-state index contributed by atoms with van der Waals surface area (Å²) in [6.07, 6.45) is 0. The van der Waals surface area contributed by atoms with Crippen LogP contribution in [0.25, 0.3) is 0 Å². The van der Waals surface area contributed by atoms with E-state index in [-0.39, 0.29) is 12.2 Å². The standard InChI is InChI=1S/C21H19FN4O3/c1-13-24-18(20(27)23-12-14-7-3-5-9-16(14)22)11-19(25-13)26-17-10-6-4-8-15(17)21(28)29-2/h3-11H,12H2,1-2H3,(H,23,27)(H,24,25,26). The molecule has 2 N–H and O–H groups in total. The smallest absolute Gasteiger partial charge is 0.339 e. The second-order valence-electron chi connectivity index (χ2n) is 6.12. The van der Waals surface area contributed by atoms with Crippen molar-refractivity contribution in [1.82, 2.24) is 15.3 Å². The van der Waals surface area contributed by atoms with Crippen LogP contribution in [-0.4, -0.2) is 29.0 Å². The molecule has 0 bridgehead atoms. The maximum atomic E-state index is 13.7. The molecular weight excluding hydrogens is 375 g/mol. The number of amides is 1. The molecule has 0 saturated carbocycles. The van der Waals surface area contributed by atoms with Crippen LogP contribution in [0.4, 0.5) is 15.9 Å². The Labute approximate surface area is 167 Å². The summed E-state index contributed by atoms with van der Waals surface area (Å²) in [6, 6.07) is 14.4. The molecule has 0 fully saturated rings. The number of aryl methyl sites for hydroxylation is 1. The molecule has 3 aromatic rings. The zero-order valence-corrected chi connectivity index (χ0v) is 15.9.